The molecule has 1 fully saturated rings. The van der Waals surface area contributed by atoms with Crippen molar-refractivity contribution >= 4 is 11.8 Å². The molecule has 0 saturated heterocycles. The quantitative estimate of drug-likeness (QED) is 0.362. The molecular weight excluding hydrogens is 240 g/mol. The molecule has 0 aromatic heterocycles. The van der Waals surface area contributed by atoms with Crippen LogP contribution < -0.4 is 0 Å². The van der Waals surface area contributed by atoms with Gasteiger partial charge >= 0.3 is 5.97 Å². The van der Waals surface area contributed by atoms with E-state index >= 15 is 0 Å². The summed E-state index contributed by atoms with van der Waals surface area (Å²) in [6.45, 7) is 5.85. The predicted molar refractivity (Wildman–Crippen MR) is 72.9 cm³/mol. The Morgan fingerprint density at radius 2 is 2.11 bits per heavy atom. The van der Waals surface area contributed by atoms with Crippen molar-refractivity contribution in [3.63, 3.8) is 0 Å². The Kier molecular flexibility index (Phi) is 3.56. The molecule has 0 aliphatic heterocycles. The lowest BCUT2D eigenvalue weighted by Crippen LogP contribution is -2.39. The monoisotopic (exact) mass is 258 g/mol. The molecule has 0 bridgehead atoms. The summed E-state index contributed by atoms with van der Waals surface area (Å²) >= 11 is 0. The third-order valence-electron chi connectivity index (χ3n) is 3.84. The van der Waals surface area contributed by atoms with Crippen LogP contribution in [0.4, 0.5) is 0 Å². The largest absolute Gasteiger partial charge is 0.468 e. The van der Waals surface area contributed by atoms with Crippen LogP contribution in [0.25, 0.3) is 0 Å². The molecule has 0 heterocycles. The van der Waals surface area contributed by atoms with Gasteiger partial charge in [0.15, 0.2) is 11.2 Å². The number of Topliss-reactive ketones (excluding diaryl/α,β-unsaturated/α-hetero) is 1. The summed E-state index contributed by atoms with van der Waals surface area (Å²) in [6.07, 6.45) is 1.99. The number of hydrogen-bond donors (Lipinski definition) is 0. The van der Waals surface area contributed by atoms with Gasteiger partial charge in [0.05, 0.1) is 7.11 Å². The number of hydrogen-bond acceptors (Lipinski definition) is 3. The third kappa shape index (κ3) is 2.09. The van der Waals surface area contributed by atoms with E-state index in [1.807, 2.05) is 19.1 Å². The second kappa shape index (κ2) is 5.00. The molecule has 0 N–H and O–H groups in total. The van der Waals surface area contributed by atoms with Crippen molar-refractivity contribution in [2.75, 3.05) is 7.11 Å². The van der Waals surface area contributed by atoms with Gasteiger partial charge in [-0.25, -0.2) is 0 Å². The number of ketones is 1. The molecule has 100 valence electrons. The van der Waals surface area contributed by atoms with Gasteiger partial charge in [-0.3, -0.25) is 9.59 Å². The van der Waals surface area contributed by atoms with Crippen molar-refractivity contribution in [3.05, 3.63) is 47.5 Å². The highest BCUT2D eigenvalue weighted by atomic mass is 16.5. The molecule has 0 amide bonds. The predicted octanol–water partition coefficient (Wildman–Crippen LogP) is 3.08. The van der Waals surface area contributed by atoms with Gasteiger partial charge in [-0.05, 0) is 32.3 Å². The number of esters is 1. The molecule has 1 aromatic carbocycles. The Balaban J connectivity index is 2.48. The fourth-order valence-electron chi connectivity index (χ4n) is 2.78. The summed E-state index contributed by atoms with van der Waals surface area (Å²) < 4.78 is 4.86. The molecular formula is C16H18O3. The van der Waals surface area contributed by atoms with Crippen LogP contribution in [0.15, 0.2) is 36.4 Å². The summed E-state index contributed by atoms with van der Waals surface area (Å²) in [5.74, 6) is -0.674. The molecule has 1 aromatic rings. The Bertz CT molecular complexity index is 545. The van der Waals surface area contributed by atoms with E-state index in [0.717, 1.165) is 12.0 Å². The van der Waals surface area contributed by atoms with E-state index in [-0.39, 0.29) is 5.78 Å². The Morgan fingerprint density at radius 1 is 1.37 bits per heavy atom. The second-order valence-electron chi connectivity index (χ2n) is 5.05. The normalized spacial score (nSPS) is 22.3. The summed E-state index contributed by atoms with van der Waals surface area (Å²) in [5, 5.41) is 0. The van der Waals surface area contributed by atoms with Crippen LogP contribution in [0.2, 0.25) is 0 Å². The molecule has 1 aliphatic carbocycles. The zero-order chi connectivity index (χ0) is 14.0. The Morgan fingerprint density at radius 3 is 2.63 bits per heavy atom. The van der Waals surface area contributed by atoms with Crippen molar-refractivity contribution in [3.8, 4) is 0 Å². The first-order valence-electron chi connectivity index (χ1n) is 6.40. The molecule has 0 radical (unpaired) electrons. The summed E-state index contributed by atoms with van der Waals surface area (Å²) in [6, 6.07) is 7.29. The van der Waals surface area contributed by atoms with Crippen LogP contribution in [0.3, 0.4) is 0 Å². The fourth-order valence-corrected chi connectivity index (χ4v) is 2.78. The third-order valence-corrected chi connectivity index (χ3v) is 3.84. The minimum absolute atomic E-state index is 0.189. The molecule has 2 rings (SSSR count). The first-order chi connectivity index (χ1) is 9.02. The summed E-state index contributed by atoms with van der Waals surface area (Å²) in [5.41, 5.74) is 1.04. The van der Waals surface area contributed by atoms with Gasteiger partial charge in [-0.1, -0.05) is 35.9 Å². The van der Waals surface area contributed by atoms with Gasteiger partial charge < -0.3 is 4.74 Å². The zero-order valence-corrected chi connectivity index (χ0v) is 11.4. The van der Waals surface area contributed by atoms with Crippen molar-refractivity contribution in [2.24, 2.45) is 5.41 Å². The van der Waals surface area contributed by atoms with Crippen LogP contribution in [-0.2, 0) is 9.53 Å². The molecule has 19 heavy (non-hydrogen) atoms. The number of benzene rings is 1. The molecule has 0 spiro atoms. The molecule has 3 nitrogen and oxygen atoms in total. The number of carbonyl (C=O) groups is 2. The summed E-state index contributed by atoms with van der Waals surface area (Å²) in [4.78, 5) is 24.9. The van der Waals surface area contributed by atoms with Crippen molar-refractivity contribution in [1.29, 1.82) is 0 Å². The van der Waals surface area contributed by atoms with Crippen LogP contribution in [-0.4, -0.2) is 18.9 Å². The highest BCUT2D eigenvalue weighted by molar-refractivity contribution is 6.15. The fraction of sp³-hybridized carbons (Fsp3) is 0.375. The smallest absolute Gasteiger partial charge is 0.323 e. The van der Waals surface area contributed by atoms with E-state index < -0.39 is 11.4 Å². The summed E-state index contributed by atoms with van der Waals surface area (Å²) in [7, 11) is 1.32. The maximum atomic E-state index is 12.8. The van der Waals surface area contributed by atoms with E-state index in [0.29, 0.717) is 24.0 Å². The van der Waals surface area contributed by atoms with Gasteiger partial charge in [0, 0.05) is 5.56 Å². The average molecular weight is 258 g/mol. The van der Waals surface area contributed by atoms with E-state index in [2.05, 4.69) is 6.58 Å². The van der Waals surface area contributed by atoms with Crippen LogP contribution >= 0.6 is 0 Å². The number of rotatable bonds is 3. The number of methoxy groups -OCH3 is 1. The van der Waals surface area contributed by atoms with Crippen molar-refractivity contribution < 1.29 is 14.3 Å². The Hall–Kier alpha value is -1.90. The van der Waals surface area contributed by atoms with Crippen LogP contribution in [0, 0.1) is 12.3 Å². The molecule has 1 saturated carbocycles. The highest BCUT2D eigenvalue weighted by Gasteiger charge is 2.51. The lowest BCUT2D eigenvalue weighted by atomic mass is 9.76. The van der Waals surface area contributed by atoms with Crippen molar-refractivity contribution in [1.82, 2.24) is 0 Å². The van der Waals surface area contributed by atoms with Gasteiger partial charge in [0.25, 0.3) is 0 Å². The SMILES string of the molecule is C=C1CCCC1(C(=O)OC)C(=O)c1cccc(C)c1. The topological polar surface area (TPSA) is 43.4 Å². The van der Waals surface area contributed by atoms with Gasteiger partial charge in [-0.2, -0.15) is 0 Å². The van der Waals surface area contributed by atoms with E-state index in [4.69, 9.17) is 4.74 Å². The standard InChI is InChI=1S/C16H18O3/c1-11-6-4-8-13(10-11)14(17)16(15(18)19-3)9-5-7-12(16)2/h4,6,8,10H,2,5,7,9H2,1,3H3. The number of aryl methyl sites for hydroxylation is 1. The first kappa shape index (κ1) is 13.5. The maximum Gasteiger partial charge on any atom is 0.323 e. The van der Waals surface area contributed by atoms with Gasteiger partial charge in [-0.15, -0.1) is 0 Å². The molecule has 3 heteroatoms. The number of ether oxygens (including phenoxy) is 1. The lowest BCUT2D eigenvalue weighted by Gasteiger charge is -2.26. The van der Waals surface area contributed by atoms with E-state index in [9.17, 15) is 9.59 Å². The van der Waals surface area contributed by atoms with Gasteiger partial charge in [0.2, 0.25) is 0 Å². The highest BCUT2D eigenvalue weighted by Crippen LogP contribution is 2.45. The van der Waals surface area contributed by atoms with Crippen LogP contribution in [0.1, 0.15) is 35.2 Å². The van der Waals surface area contributed by atoms with E-state index in [1.165, 1.54) is 7.11 Å². The molecule has 1 unspecified atom stereocenters. The Labute approximate surface area is 113 Å². The lowest BCUT2D eigenvalue weighted by molar-refractivity contribution is -0.147. The number of carbonyl (C=O) groups excluding carboxylic acids is 2. The second-order valence-corrected chi connectivity index (χ2v) is 5.05. The first-order valence-corrected chi connectivity index (χ1v) is 6.40. The minimum atomic E-state index is -1.18. The molecule has 1 atom stereocenters. The van der Waals surface area contributed by atoms with Crippen LogP contribution in [0.5, 0.6) is 0 Å². The average Bonchev–Trinajstić information content (AvgIpc) is 2.79. The van der Waals surface area contributed by atoms with Gasteiger partial charge in [0.1, 0.15) is 0 Å². The zero-order valence-electron chi connectivity index (χ0n) is 11.4. The minimum Gasteiger partial charge on any atom is -0.468 e. The molecule has 1 aliphatic rings. The van der Waals surface area contributed by atoms with Crippen molar-refractivity contribution in [2.45, 2.75) is 26.2 Å². The van der Waals surface area contributed by atoms with E-state index in [1.54, 1.807) is 12.1 Å². The maximum absolute atomic E-state index is 12.8.